The molecule has 0 aliphatic carbocycles. The summed E-state index contributed by atoms with van der Waals surface area (Å²) >= 11 is 0. The first-order valence-electron chi connectivity index (χ1n) is 12.6. The lowest BCUT2D eigenvalue weighted by Crippen LogP contribution is -2.35. The van der Waals surface area contributed by atoms with E-state index in [0.29, 0.717) is 32.1 Å². The van der Waals surface area contributed by atoms with Crippen molar-refractivity contribution in [3.05, 3.63) is 59.4 Å². The fraction of sp³-hybridized carbons (Fsp3) is 0.500. The molecule has 1 N–H and O–H groups in total. The predicted molar refractivity (Wildman–Crippen MR) is 135 cm³/mol. The molecular weight excluding hydrogens is 426 g/mol. The van der Waals surface area contributed by atoms with Crippen LogP contribution in [0, 0.1) is 6.92 Å². The number of ether oxygens (including phenoxy) is 2. The highest BCUT2D eigenvalue weighted by atomic mass is 16.5. The van der Waals surface area contributed by atoms with Crippen molar-refractivity contribution in [2.24, 2.45) is 0 Å². The van der Waals surface area contributed by atoms with Crippen LogP contribution in [0.1, 0.15) is 62.4 Å². The maximum absolute atomic E-state index is 12.3. The molecule has 1 aromatic heterocycles. The molecule has 0 spiro atoms. The molecule has 182 valence electrons. The van der Waals surface area contributed by atoms with Crippen LogP contribution >= 0.6 is 0 Å². The fourth-order valence-electron chi connectivity index (χ4n) is 4.56. The maximum Gasteiger partial charge on any atom is 0.249 e. The van der Waals surface area contributed by atoms with Crippen LogP contribution in [0.25, 0.3) is 11.0 Å². The predicted octanol–water partition coefficient (Wildman–Crippen LogP) is 5.17. The van der Waals surface area contributed by atoms with Gasteiger partial charge in [0.25, 0.3) is 0 Å². The molecule has 4 rings (SSSR count). The van der Waals surface area contributed by atoms with Crippen molar-refractivity contribution in [2.75, 3.05) is 19.8 Å². The third kappa shape index (κ3) is 5.98. The zero-order chi connectivity index (χ0) is 23.9. The summed E-state index contributed by atoms with van der Waals surface area (Å²) in [7, 11) is 0. The Morgan fingerprint density at radius 3 is 2.88 bits per heavy atom. The number of rotatable bonds is 11. The minimum Gasteiger partial charge on any atom is -0.493 e. The third-order valence-corrected chi connectivity index (χ3v) is 6.43. The van der Waals surface area contributed by atoms with Gasteiger partial charge in [-0.05, 0) is 67.9 Å². The van der Waals surface area contributed by atoms with E-state index in [4.69, 9.17) is 14.5 Å². The molecule has 1 unspecified atom stereocenters. The highest BCUT2D eigenvalue weighted by molar-refractivity contribution is 5.81. The SMILES string of the molecule is Cc1ccc(C(C)C)c(OCCCCn2c(CCNC(=O)C3CCCO3)nc3ccccc32)c1. The average molecular weight is 464 g/mol. The zero-order valence-corrected chi connectivity index (χ0v) is 20.7. The number of nitrogens with zero attached hydrogens (tertiary/aromatic N) is 2. The lowest BCUT2D eigenvalue weighted by Gasteiger charge is -2.15. The molecule has 2 heterocycles. The minimum absolute atomic E-state index is 0.00535. The van der Waals surface area contributed by atoms with E-state index in [1.54, 1.807) is 0 Å². The minimum atomic E-state index is -0.288. The summed E-state index contributed by atoms with van der Waals surface area (Å²) in [4.78, 5) is 17.1. The van der Waals surface area contributed by atoms with Crippen LogP contribution in [0.15, 0.2) is 42.5 Å². The number of aryl methyl sites for hydroxylation is 2. The van der Waals surface area contributed by atoms with Crippen molar-refractivity contribution in [1.82, 2.24) is 14.9 Å². The highest BCUT2D eigenvalue weighted by Gasteiger charge is 2.23. The molecule has 6 nitrogen and oxygen atoms in total. The van der Waals surface area contributed by atoms with Gasteiger partial charge >= 0.3 is 0 Å². The van der Waals surface area contributed by atoms with Gasteiger partial charge in [-0.1, -0.05) is 38.1 Å². The smallest absolute Gasteiger partial charge is 0.249 e. The Hall–Kier alpha value is -2.86. The fourth-order valence-corrected chi connectivity index (χ4v) is 4.56. The van der Waals surface area contributed by atoms with E-state index < -0.39 is 0 Å². The van der Waals surface area contributed by atoms with Crippen molar-refractivity contribution in [3.8, 4) is 5.75 Å². The molecule has 6 heteroatoms. The molecule has 2 aromatic carbocycles. The quantitative estimate of drug-likeness (QED) is 0.399. The second-order valence-corrected chi connectivity index (χ2v) is 9.46. The van der Waals surface area contributed by atoms with Crippen LogP contribution in [0.2, 0.25) is 0 Å². The number of aromatic nitrogens is 2. The Morgan fingerprint density at radius 1 is 1.24 bits per heavy atom. The summed E-state index contributed by atoms with van der Waals surface area (Å²) in [5.41, 5.74) is 4.63. The van der Waals surface area contributed by atoms with Crippen LogP contribution in [0.4, 0.5) is 0 Å². The molecule has 1 amide bonds. The number of fused-ring (bicyclic) bond motifs is 1. The number of hydrogen-bond acceptors (Lipinski definition) is 4. The normalized spacial score (nSPS) is 15.8. The van der Waals surface area contributed by atoms with Crippen LogP contribution < -0.4 is 10.1 Å². The standard InChI is InChI=1S/C28H37N3O3/c1-20(2)22-13-12-21(3)19-26(22)34-17-7-6-16-31-24-10-5-4-9-23(24)30-27(31)14-15-29-28(32)25-11-8-18-33-25/h4-5,9-10,12-13,19-20,25H,6-8,11,14-18H2,1-3H3,(H,29,32). The number of unbranched alkanes of at least 4 members (excludes halogenated alkanes) is 1. The van der Waals surface area contributed by atoms with Gasteiger partial charge in [0.05, 0.1) is 17.6 Å². The number of amides is 1. The molecule has 1 atom stereocenters. The van der Waals surface area contributed by atoms with Crippen molar-refractivity contribution < 1.29 is 14.3 Å². The second-order valence-electron chi connectivity index (χ2n) is 9.46. The van der Waals surface area contributed by atoms with Gasteiger partial charge < -0.3 is 19.4 Å². The average Bonchev–Trinajstić information content (AvgIpc) is 3.47. The van der Waals surface area contributed by atoms with Gasteiger partial charge in [0.2, 0.25) is 5.91 Å². The Labute approximate surface area is 202 Å². The summed E-state index contributed by atoms with van der Waals surface area (Å²) in [6.07, 6.45) is 4.15. The summed E-state index contributed by atoms with van der Waals surface area (Å²) in [6.45, 7) is 9.33. The van der Waals surface area contributed by atoms with E-state index >= 15 is 0 Å². The van der Waals surface area contributed by atoms with Gasteiger partial charge in [-0.25, -0.2) is 4.98 Å². The first kappa shape index (κ1) is 24.3. The van der Waals surface area contributed by atoms with Crippen LogP contribution in [-0.4, -0.2) is 41.3 Å². The van der Waals surface area contributed by atoms with Gasteiger partial charge in [-0.2, -0.15) is 0 Å². The Balaban J connectivity index is 1.32. The zero-order valence-electron chi connectivity index (χ0n) is 20.7. The summed E-state index contributed by atoms with van der Waals surface area (Å²) in [6, 6.07) is 14.7. The Morgan fingerprint density at radius 2 is 2.09 bits per heavy atom. The van der Waals surface area contributed by atoms with E-state index in [0.717, 1.165) is 54.8 Å². The van der Waals surface area contributed by atoms with Crippen molar-refractivity contribution in [3.63, 3.8) is 0 Å². The van der Waals surface area contributed by atoms with Crippen LogP contribution in [0.5, 0.6) is 5.75 Å². The topological polar surface area (TPSA) is 65.4 Å². The number of para-hydroxylation sites is 2. The monoisotopic (exact) mass is 463 g/mol. The molecule has 34 heavy (non-hydrogen) atoms. The van der Waals surface area contributed by atoms with Crippen molar-refractivity contribution in [2.45, 2.75) is 71.4 Å². The van der Waals surface area contributed by atoms with Gasteiger partial charge in [-0.15, -0.1) is 0 Å². The molecule has 0 bridgehead atoms. The third-order valence-electron chi connectivity index (χ3n) is 6.43. The van der Waals surface area contributed by atoms with E-state index in [-0.39, 0.29) is 12.0 Å². The van der Waals surface area contributed by atoms with Gasteiger partial charge in [0.1, 0.15) is 17.7 Å². The molecule has 1 saturated heterocycles. The highest BCUT2D eigenvalue weighted by Crippen LogP contribution is 2.27. The number of benzene rings is 2. The van der Waals surface area contributed by atoms with Crippen molar-refractivity contribution in [1.29, 1.82) is 0 Å². The van der Waals surface area contributed by atoms with E-state index in [1.807, 2.05) is 6.07 Å². The lowest BCUT2D eigenvalue weighted by atomic mass is 10.0. The summed E-state index contributed by atoms with van der Waals surface area (Å²) in [5.74, 6) is 2.45. The molecule has 1 fully saturated rings. The molecule has 0 saturated carbocycles. The van der Waals surface area contributed by atoms with E-state index in [1.165, 1.54) is 11.1 Å². The summed E-state index contributed by atoms with van der Waals surface area (Å²) in [5, 5.41) is 3.02. The molecule has 1 aliphatic rings. The number of nitrogens with one attached hydrogen (secondary N) is 1. The number of hydrogen-bond donors (Lipinski definition) is 1. The molecule has 1 aliphatic heterocycles. The van der Waals surface area contributed by atoms with E-state index in [9.17, 15) is 4.79 Å². The maximum atomic E-state index is 12.3. The first-order valence-corrected chi connectivity index (χ1v) is 12.6. The number of carbonyl (C=O) groups excluding carboxylic acids is 1. The molecule has 0 radical (unpaired) electrons. The van der Waals surface area contributed by atoms with Gasteiger partial charge in [-0.3, -0.25) is 4.79 Å². The first-order chi connectivity index (χ1) is 16.5. The Bertz CT molecular complexity index is 1100. The van der Waals surface area contributed by atoms with Crippen LogP contribution in [-0.2, 0) is 22.5 Å². The van der Waals surface area contributed by atoms with Crippen LogP contribution in [0.3, 0.4) is 0 Å². The van der Waals surface area contributed by atoms with Gasteiger partial charge in [0, 0.05) is 26.1 Å². The lowest BCUT2D eigenvalue weighted by molar-refractivity contribution is -0.130. The molecule has 3 aromatic rings. The summed E-state index contributed by atoms with van der Waals surface area (Å²) < 4.78 is 13.9. The van der Waals surface area contributed by atoms with Gasteiger partial charge in [0.15, 0.2) is 0 Å². The number of carbonyl (C=O) groups is 1. The molecular formula is C28H37N3O3. The number of imidazole rings is 1. The van der Waals surface area contributed by atoms with Crippen molar-refractivity contribution >= 4 is 16.9 Å². The second kappa shape index (κ2) is 11.5. The largest absolute Gasteiger partial charge is 0.493 e. The Kier molecular flexibility index (Phi) is 8.22. The van der Waals surface area contributed by atoms with E-state index in [2.05, 4.69) is 67.1 Å².